The van der Waals surface area contributed by atoms with Crippen molar-refractivity contribution in [1.29, 1.82) is 0 Å². The first kappa shape index (κ1) is 13.0. The van der Waals surface area contributed by atoms with E-state index in [1.807, 2.05) is 14.0 Å². The van der Waals surface area contributed by atoms with Crippen molar-refractivity contribution in [2.45, 2.75) is 32.9 Å². The van der Waals surface area contributed by atoms with Crippen LogP contribution in [0.2, 0.25) is 5.15 Å². The molecule has 0 radical (unpaired) electrons. The van der Waals surface area contributed by atoms with Crippen molar-refractivity contribution in [3.63, 3.8) is 0 Å². The van der Waals surface area contributed by atoms with Crippen molar-refractivity contribution in [3.8, 4) is 0 Å². The molecule has 1 atom stereocenters. The van der Waals surface area contributed by atoms with E-state index in [-0.39, 0.29) is 0 Å². The highest BCUT2D eigenvalue weighted by atomic mass is 79.9. The molecule has 0 aromatic carbocycles. The number of rotatable bonds is 5. The zero-order valence-corrected chi connectivity index (χ0v) is 11.7. The van der Waals surface area contributed by atoms with Crippen LogP contribution in [0.1, 0.15) is 24.6 Å². The third-order valence-electron chi connectivity index (χ3n) is 2.44. The molecule has 0 saturated heterocycles. The van der Waals surface area contributed by atoms with Crippen LogP contribution < -0.4 is 5.32 Å². The monoisotopic (exact) mass is 293 g/mol. The fraction of sp³-hybridized carbons (Fsp3) is 0.700. The Morgan fingerprint density at radius 2 is 2.27 bits per heavy atom. The van der Waals surface area contributed by atoms with E-state index in [0.29, 0.717) is 6.04 Å². The Kier molecular flexibility index (Phi) is 5.09. The SMILES string of the molecule is Cc1nn(C)c(Cl)c1CNC(C)CCBr. The number of hydrogen-bond donors (Lipinski definition) is 1. The summed E-state index contributed by atoms with van der Waals surface area (Å²) in [5.41, 5.74) is 2.10. The number of aromatic nitrogens is 2. The molecule has 1 aromatic heterocycles. The first-order valence-electron chi connectivity index (χ1n) is 5.03. The second kappa shape index (κ2) is 5.87. The molecule has 0 aliphatic rings. The van der Waals surface area contributed by atoms with E-state index in [4.69, 9.17) is 11.6 Å². The van der Waals surface area contributed by atoms with Crippen molar-refractivity contribution < 1.29 is 0 Å². The van der Waals surface area contributed by atoms with E-state index in [1.54, 1.807) is 4.68 Å². The molecule has 0 aliphatic carbocycles. The number of halogens is 2. The molecular weight excluding hydrogens is 277 g/mol. The van der Waals surface area contributed by atoms with Gasteiger partial charge in [0.15, 0.2) is 0 Å². The topological polar surface area (TPSA) is 29.9 Å². The molecule has 1 N–H and O–H groups in total. The lowest BCUT2D eigenvalue weighted by molar-refractivity contribution is 0.537. The standard InChI is InChI=1S/C10H17BrClN3/c1-7(4-5-11)13-6-9-8(2)14-15(3)10(9)12/h7,13H,4-6H2,1-3H3. The Bertz CT molecular complexity index is 325. The zero-order chi connectivity index (χ0) is 11.4. The minimum Gasteiger partial charge on any atom is -0.310 e. The molecule has 5 heteroatoms. The Labute approximate surface area is 104 Å². The minimum atomic E-state index is 0.486. The van der Waals surface area contributed by atoms with E-state index in [2.05, 4.69) is 33.3 Å². The van der Waals surface area contributed by atoms with E-state index < -0.39 is 0 Å². The summed E-state index contributed by atoms with van der Waals surface area (Å²) in [4.78, 5) is 0. The maximum absolute atomic E-state index is 6.13. The predicted molar refractivity (Wildman–Crippen MR) is 67.7 cm³/mol. The highest BCUT2D eigenvalue weighted by Gasteiger charge is 2.11. The molecule has 3 nitrogen and oxygen atoms in total. The molecule has 86 valence electrons. The summed E-state index contributed by atoms with van der Waals surface area (Å²) in [6.45, 7) is 4.94. The Hall–Kier alpha value is -0.0600. The van der Waals surface area contributed by atoms with Gasteiger partial charge in [-0.1, -0.05) is 27.5 Å². The molecule has 0 aliphatic heterocycles. The molecular formula is C10H17BrClN3. The van der Waals surface area contributed by atoms with Gasteiger partial charge in [0.2, 0.25) is 0 Å². The van der Waals surface area contributed by atoms with E-state index in [1.165, 1.54) is 0 Å². The van der Waals surface area contributed by atoms with Crippen LogP contribution in [0.15, 0.2) is 0 Å². The lowest BCUT2D eigenvalue weighted by Gasteiger charge is -2.11. The van der Waals surface area contributed by atoms with Gasteiger partial charge in [-0.2, -0.15) is 5.10 Å². The fourth-order valence-electron chi connectivity index (χ4n) is 1.42. The molecule has 1 heterocycles. The fourth-order valence-corrected chi connectivity index (χ4v) is 2.34. The summed E-state index contributed by atoms with van der Waals surface area (Å²) in [5.74, 6) is 0. The average molecular weight is 295 g/mol. The number of hydrogen-bond acceptors (Lipinski definition) is 2. The molecule has 0 fully saturated rings. The van der Waals surface area contributed by atoms with Crippen LogP contribution in [-0.4, -0.2) is 21.2 Å². The Morgan fingerprint density at radius 3 is 2.73 bits per heavy atom. The molecule has 0 bridgehead atoms. The Balaban J connectivity index is 2.57. The summed E-state index contributed by atoms with van der Waals surface area (Å²) in [6.07, 6.45) is 1.11. The molecule has 0 saturated carbocycles. The average Bonchev–Trinajstić information content (AvgIpc) is 2.40. The number of nitrogens with zero attached hydrogens (tertiary/aromatic N) is 2. The maximum atomic E-state index is 6.13. The molecule has 15 heavy (non-hydrogen) atoms. The minimum absolute atomic E-state index is 0.486. The summed E-state index contributed by atoms with van der Waals surface area (Å²) < 4.78 is 1.71. The van der Waals surface area contributed by atoms with Gasteiger partial charge in [0.05, 0.1) is 5.69 Å². The first-order valence-corrected chi connectivity index (χ1v) is 6.53. The van der Waals surface area contributed by atoms with Crippen molar-refractivity contribution in [3.05, 3.63) is 16.4 Å². The van der Waals surface area contributed by atoms with Gasteiger partial charge in [-0.25, -0.2) is 0 Å². The van der Waals surface area contributed by atoms with Crippen LogP contribution in [0.3, 0.4) is 0 Å². The van der Waals surface area contributed by atoms with Gasteiger partial charge in [0.25, 0.3) is 0 Å². The third kappa shape index (κ3) is 3.47. The highest BCUT2D eigenvalue weighted by Crippen LogP contribution is 2.18. The van der Waals surface area contributed by atoms with Crippen molar-refractivity contribution in [1.82, 2.24) is 15.1 Å². The zero-order valence-electron chi connectivity index (χ0n) is 9.35. The van der Waals surface area contributed by atoms with E-state index in [9.17, 15) is 0 Å². The van der Waals surface area contributed by atoms with Crippen molar-refractivity contribution >= 4 is 27.5 Å². The van der Waals surface area contributed by atoms with Gasteiger partial charge in [0, 0.05) is 30.5 Å². The van der Waals surface area contributed by atoms with Crippen LogP contribution >= 0.6 is 27.5 Å². The second-order valence-corrected chi connectivity index (χ2v) is 4.89. The number of aryl methyl sites for hydroxylation is 2. The molecule has 1 aromatic rings. The van der Waals surface area contributed by atoms with E-state index in [0.717, 1.165) is 34.7 Å². The van der Waals surface area contributed by atoms with Crippen LogP contribution in [0.25, 0.3) is 0 Å². The van der Waals surface area contributed by atoms with Crippen LogP contribution in [0.4, 0.5) is 0 Å². The summed E-state index contributed by atoms with van der Waals surface area (Å²) in [7, 11) is 1.86. The summed E-state index contributed by atoms with van der Waals surface area (Å²) >= 11 is 9.55. The largest absolute Gasteiger partial charge is 0.310 e. The van der Waals surface area contributed by atoms with Gasteiger partial charge in [-0.3, -0.25) is 4.68 Å². The molecule has 0 amide bonds. The molecule has 1 unspecified atom stereocenters. The summed E-state index contributed by atoms with van der Waals surface area (Å²) in [5, 5.41) is 9.44. The van der Waals surface area contributed by atoms with E-state index >= 15 is 0 Å². The van der Waals surface area contributed by atoms with Gasteiger partial charge >= 0.3 is 0 Å². The lowest BCUT2D eigenvalue weighted by atomic mass is 10.2. The first-order chi connectivity index (χ1) is 7.06. The Morgan fingerprint density at radius 1 is 1.60 bits per heavy atom. The smallest absolute Gasteiger partial charge is 0.131 e. The highest BCUT2D eigenvalue weighted by molar-refractivity contribution is 9.09. The van der Waals surface area contributed by atoms with Crippen LogP contribution in [0, 0.1) is 6.92 Å². The van der Waals surface area contributed by atoms with Gasteiger partial charge in [0.1, 0.15) is 5.15 Å². The normalized spacial score (nSPS) is 13.1. The van der Waals surface area contributed by atoms with Crippen molar-refractivity contribution in [2.75, 3.05) is 5.33 Å². The molecule has 0 spiro atoms. The van der Waals surface area contributed by atoms with Crippen LogP contribution in [0.5, 0.6) is 0 Å². The number of nitrogens with one attached hydrogen (secondary N) is 1. The van der Waals surface area contributed by atoms with Gasteiger partial charge in [-0.15, -0.1) is 0 Å². The third-order valence-corrected chi connectivity index (χ3v) is 3.37. The predicted octanol–water partition coefficient (Wildman–Crippen LogP) is 2.65. The van der Waals surface area contributed by atoms with Gasteiger partial charge in [-0.05, 0) is 20.3 Å². The quantitative estimate of drug-likeness (QED) is 0.846. The maximum Gasteiger partial charge on any atom is 0.131 e. The second-order valence-electron chi connectivity index (χ2n) is 3.74. The number of alkyl halides is 1. The summed E-state index contributed by atoms with van der Waals surface area (Å²) in [6, 6.07) is 0.486. The van der Waals surface area contributed by atoms with Gasteiger partial charge < -0.3 is 5.32 Å². The van der Waals surface area contributed by atoms with Crippen molar-refractivity contribution in [2.24, 2.45) is 7.05 Å². The van der Waals surface area contributed by atoms with Crippen LogP contribution in [-0.2, 0) is 13.6 Å². The molecule has 1 rings (SSSR count). The lowest BCUT2D eigenvalue weighted by Crippen LogP contribution is -2.26.